The fourth-order valence-corrected chi connectivity index (χ4v) is 4.54. The smallest absolute Gasteiger partial charge is 0.334 e. The normalized spacial score (nSPS) is 38.2. The maximum atomic E-state index is 12.3. The topological polar surface area (TPSA) is 72.8 Å². The van der Waals surface area contributed by atoms with Crippen LogP contribution < -0.4 is 0 Å². The maximum absolute atomic E-state index is 12.3. The number of fused-ring (bicyclic) bond motifs is 3. The fourth-order valence-electron chi connectivity index (χ4n) is 4.54. The molecule has 1 heterocycles. The number of aliphatic hydroxyl groups is 1. The number of esters is 2. The van der Waals surface area contributed by atoms with E-state index >= 15 is 0 Å². The van der Waals surface area contributed by atoms with Crippen LogP contribution in [0.4, 0.5) is 0 Å². The van der Waals surface area contributed by atoms with Gasteiger partial charge in [-0.2, -0.15) is 0 Å². The van der Waals surface area contributed by atoms with Crippen LogP contribution in [-0.2, 0) is 19.1 Å². The van der Waals surface area contributed by atoms with Crippen molar-refractivity contribution in [2.24, 2.45) is 11.3 Å². The Labute approximate surface area is 148 Å². The molecule has 1 aliphatic heterocycles. The third-order valence-corrected chi connectivity index (χ3v) is 6.15. The molecule has 5 nitrogen and oxygen atoms in total. The lowest BCUT2D eigenvalue weighted by molar-refractivity contribution is -0.155. The molecule has 0 radical (unpaired) electrons. The average Bonchev–Trinajstić information content (AvgIpc) is 2.85. The summed E-state index contributed by atoms with van der Waals surface area (Å²) in [4.78, 5) is 24.5. The SMILES string of the molecule is C=C1C(=O)O[C@@H]2C3=C(C)CC[C@@H](O)[C@]3(C)C[C@H](OC(=O)/C(C)=C\C)[C@@H]12. The highest BCUT2D eigenvalue weighted by Gasteiger charge is 2.59. The number of ether oxygens (including phenoxy) is 2. The van der Waals surface area contributed by atoms with Gasteiger partial charge in [0.25, 0.3) is 0 Å². The number of hydrogen-bond donors (Lipinski definition) is 1. The third kappa shape index (κ3) is 2.65. The summed E-state index contributed by atoms with van der Waals surface area (Å²) < 4.78 is 11.4. The molecular weight excluding hydrogens is 320 g/mol. The van der Waals surface area contributed by atoms with Crippen LogP contribution in [-0.4, -0.2) is 35.4 Å². The minimum absolute atomic E-state index is 0.350. The first-order valence-electron chi connectivity index (χ1n) is 8.82. The van der Waals surface area contributed by atoms with Crippen LogP contribution in [0, 0.1) is 11.3 Å². The molecule has 5 atom stereocenters. The minimum Gasteiger partial charge on any atom is -0.458 e. The Morgan fingerprint density at radius 3 is 2.80 bits per heavy atom. The molecule has 25 heavy (non-hydrogen) atoms. The molecule has 2 fully saturated rings. The molecule has 0 spiro atoms. The lowest BCUT2D eigenvalue weighted by Gasteiger charge is -2.50. The van der Waals surface area contributed by atoms with Crippen LogP contribution >= 0.6 is 0 Å². The molecule has 0 bridgehead atoms. The lowest BCUT2D eigenvalue weighted by atomic mass is 9.58. The highest BCUT2D eigenvalue weighted by atomic mass is 16.6. The van der Waals surface area contributed by atoms with Crippen molar-refractivity contribution < 1.29 is 24.2 Å². The monoisotopic (exact) mass is 346 g/mol. The molecule has 3 aliphatic rings. The van der Waals surface area contributed by atoms with Gasteiger partial charge in [0, 0.05) is 16.6 Å². The highest BCUT2D eigenvalue weighted by molar-refractivity contribution is 5.92. The molecule has 1 saturated heterocycles. The first-order chi connectivity index (χ1) is 11.7. The zero-order valence-corrected chi connectivity index (χ0v) is 15.3. The number of carbonyl (C=O) groups excluding carboxylic acids is 2. The molecule has 0 aromatic rings. The van der Waals surface area contributed by atoms with Gasteiger partial charge in [-0.05, 0) is 45.6 Å². The number of carbonyl (C=O) groups is 2. The minimum atomic E-state index is -0.566. The van der Waals surface area contributed by atoms with E-state index in [1.807, 2.05) is 13.8 Å². The predicted octanol–water partition coefficient (Wildman–Crippen LogP) is 2.84. The van der Waals surface area contributed by atoms with Gasteiger partial charge in [0.1, 0.15) is 12.2 Å². The van der Waals surface area contributed by atoms with Crippen molar-refractivity contribution in [3.63, 3.8) is 0 Å². The summed E-state index contributed by atoms with van der Waals surface area (Å²) in [7, 11) is 0. The standard InChI is InChI=1S/C20H26O5/c1-6-10(2)18(22)24-13-9-20(5)14(21)8-7-11(3)16(20)17-15(13)12(4)19(23)25-17/h6,13-15,17,21H,4,7-9H2,1-3,5H3/b10-6-/t13-,14+,15+,17-,20-/m0/s1. The summed E-state index contributed by atoms with van der Waals surface area (Å²) in [6, 6.07) is 0. The number of allylic oxidation sites excluding steroid dienone is 2. The fraction of sp³-hybridized carbons (Fsp3) is 0.600. The van der Waals surface area contributed by atoms with E-state index in [2.05, 4.69) is 6.58 Å². The first-order valence-corrected chi connectivity index (χ1v) is 8.82. The Kier molecular flexibility index (Phi) is 4.40. The molecule has 0 aromatic carbocycles. The lowest BCUT2D eigenvalue weighted by Crippen LogP contribution is -2.53. The first kappa shape index (κ1) is 17.9. The molecule has 3 rings (SSSR count). The van der Waals surface area contributed by atoms with Crippen molar-refractivity contribution in [1.82, 2.24) is 0 Å². The predicted molar refractivity (Wildman–Crippen MR) is 92.5 cm³/mol. The number of rotatable bonds is 2. The molecule has 136 valence electrons. The van der Waals surface area contributed by atoms with Crippen molar-refractivity contribution >= 4 is 11.9 Å². The van der Waals surface area contributed by atoms with Gasteiger partial charge < -0.3 is 14.6 Å². The Bertz CT molecular complexity index is 701. The van der Waals surface area contributed by atoms with Gasteiger partial charge in [0.15, 0.2) is 0 Å². The van der Waals surface area contributed by atoms with E-state index in [0.29, 0.717) is 24.0 Å². The van der Waals surface area contributed by atoms with Gasteiger partial charge in [-0.25, -0.2) is 9.59 Å². The molecule has 0 unspecified atom stereocenters. The molecule has 1 saturated carbocycles. The summed E-state index contributed by atoms with van der Waals surface area (Å²) in [6.07, 6.45) is 2.00. The Hall–Kier alpha value is -1.88. The van der Waals surface area contributed by atoms with E-state index in [0.717, 1.165) is 17.6 Å². The second kappa shape index (κ2) is 6.13. The highest BCUT2D eigenvalue weighted by Crippen LogP contribution is 2.56. The van der Waals surface area contributed by atoms with Crippen LogP contribution in [0.1, 0.15) is 47.0 Å². The Morgan fingerprint density at radius 2 is 2.16 bits per heavy atom. The quantitative estimate of drug-likeness (QED) is 0.473. The maximum Gasteiger partial charge on any atom is 0.334 e. The Balaban J connectivity index is 2.03. The van der Waals surface area contributed by atoms with Crippen LogP contribution in [0.2, 0.25) is 0 Å². The zero-order valence-electron chi connectivity index (χ0n) is 15.3. The third-order valence-electron chi connectivity index (χ3n) is 6.15. The molecule has 0 aromatic heterocycles. The van der Waals surface area contributed by atoms with E-state index < -0.39 is 35.7 Å². The van der Waals surface area contributed by atoms with Crippen LogP contribution in [0.5, 0.6) is 0 Å². The molecular formula is C20H26O5. The Morgan fingerprint density at radius 1 is 1.48 bits per heavy atom. The molecule has 1 N–H and O–H groups in total. The number of hydrogen-bond acceptors (Lipinski definition) is 5. The summed E-state index contributed by atoms with van der Waals surface area (Å²) in [6.45, 7) is 11.4. The average molecular weight is 346 g/mol. The van der Waals surface area contributed by atoms with Crippen molar-refractivity contribution in [1.29, 1.82) is 0 Å². The van der Waals surface area contributed by atoms with Gasteiger partial charge in [-0.3, -0.25) is 0 Å². The second-order valence-electron chi connectivity index (χ2n) is 7.66. The molecule has 5 heteroatoms. The summed E-state index contributed by atoms with van der Waals surface area (Å²) >= 11 is 0. The zero-order chi connectivity index (χ0) is 18.5. The van der Waals surface area contributed by atoms with E-state index in [-0.39, 0.29) is 5.92 Å². The molecule has 0 amide bonds. The summed E-state index contributed by atoms with van der Waals surface area (Å²) in [5.74, 6) is -1.23. The van der Waals surface area contributed by atoms with Crippen LogP contribution in [0.15, 0.2) is 34.9 Å². The van der Waals surface area contributed by atoms with E-state index in [1.54, 1.807) is 19.9 Å². The summed E-state index contributed by atoms with van der Waals surface area (Å²) in [5.41, 5.74) is 2.43. The molecule has 2 aliphatic carbocycles. The van der Waals surface area contributed by atoms with Crippen molar-refractivity contribution in [3.05, 3.63) is 34.9 Å². The van der Waals surface area contributed by atoms with E-state index in [4.69, 9.17) is 9.47 Å². The van der Waals surface area contributed by atoms with Gasteiger partial charge in [0.2, 0.25) is 0 Å². The van der Waals surface area contributed by atoms with Crippen molar-refractivity contribution in [2.45, 2.75) is 65.3 Å². The van der Waals surface area contributed by atoms with E-state index in [1.165, 1.54) is 0 Å². The van der Waals surface area contributed by atoms with E-state index in [9.17, 15) is 14.7 Å². The van der Waals surface area contributed by atoms with Gasteiger partial charge >= 0.3 is 11.9 Å². The second-order valence-corrected chi connectivity index (χ2v) is 7.66. The van der Waals surface area contributed by atoms with Gasteiger partial charge in [0.05, 0.1) is 12.0 Å². The van der Waals surface area contributed by atoms with Crippen LogP contribution in [0.25, 0.3) is 0 Å². The van der Waals surface area contributed by atoms with Gasteiger partial charge in [-0.15, -0.1) is 0 Å². The van der Waals surface area contributed by atoms with Crippen molar-refractivity contribution in [2.75, 3.05) is 0 Å². The number of aliphatic hydroxyl groups excluding tert-OH is 1. The van der Waals surface area contributed by atoms with Gasteiger partial charge in [-0.1, -0.05) is 25.2 Å². The summed E-state index contributed by atoms with van der Waals surface area (Å²) in [5, 5.41) is 10.7. The van der Waals surface area contributed by atoms with Crippen molar-refractivity contribution in [3.8, 4) is 0 Å². The largest absolute Gasteiger partial charge is 0.458 e. The van der Waals surface area contributed by atoms with Crippen LogP contribution in [0.3, 0.4) is 0 Å².